The van der Waals surface area contributed by atoms with E-state index in [0.717, 1.165) is 18.3 Å². The summed E-state index contributed by atoms with van der Waals surface area (Å²) in [4.78, 5) is 16.2. The number of alkyl halides is 12. The maximum Gasteiger partial charge on any atom is 0.448 e. The van der Waals surface area contributed by atoms with Gasteiger partial charge in [0.15, 0.2) is 24.8 Å². The third-order valence-corrected chi connectivity index (χ3v) is 10.9. The lowest BCUT2D eigenvalue weighted by atomic mass is 10.1. The molecule has 0 atom stereocenters. The Morgan fingerprint density at radius 2 is 0.574 bits per heavy atom. The molecule has 2 aliphatic heterocycles. The highest BCUT2D eigenvalue weighted by Gasteiger charge is 2.39. The standard InChI is InChI=1S/C48H33F12N8/c49-45(50,51)25-65-21-5-1-9-37(65)41-29-13-15-31(61-29)42(38-10-2-6-22-66(38)26-46(52,53)54)33-17-19-35(63-33)44(40-12-4-8-24-68(40)28-48(58,59)60)36-20-18-34(64-36)43(32-16-14-30(41)62-32)39-11-3-7-23-67(39)27-47(55,56)57/h1-24H,25-28H2,(H,61,62,63,64)/q+3/p+1. The molecule has 0 aliphatic carbocycles. The highest BCUT2D eigenvalue weighted by atomic mass is 19.4. The zero-order valence-corrected chi connectivity index (χ0v) is 34.9. The van der Waals surface area contributed by atoms with Crippen LogP contribution in [-0.4, -0.2) is 44.6 Å². The first-order valence-electron chi connectivity index (χ1n) is 20.6. The Kier molecular flexibility index (Phi) is 11.5. The Morgan fingerprint density at radius 3 is 0.868 bits per heavy atom. The SMILES string of the molecule is FC(F)(F)C[n+]1ccccc1-c1c2nc(c(-c3cccc[n+]3CC(F)(F)F)c3ccc([nH]3)c(-c3cccc[n+]3CC(F)(F)F)c3ccc([nH]3)c(-c3cccc[n+]3CC(F)(F)F)c3nc1C=C3)C=C2. The molecule has 2 aliphatic rings. The number of rotatable bonds is 8. The van der Waals surface area contributed by atoms with Crippen molar-refractivity contribution in [2.75, 3.05) is 0 Å². The van der Waals surface area contributed by atoms with Gasteiger partial charge in [-0.15, -0.1) is 0 Å². The summed E-state index contributed by atoms with van der Waals surface area (Å²) in [6.07, 6.45) is -8.15. The molecule has 20 heteroatoms. The Morgan fingerprint density at radius 1 is 0.324 bits per heavy atom. The van der Waals surface area contributed by atoms with E-state index in [1.54, 1.807) is 0 Å². The fourth-order valence-corrected chi connectivity index (χ4v) is 8.42. The van der Waals surface area contributed by atoms with Crippen LogP contribution >= 0.6 is 0 Å². The average molecular weight is 951 g/mol. The summed E-state index contributed by atoms with van der Waals surface area (Å²) in [6.45, 7) is -5.78. The maximum atomic E-state index is 14.2. The number of nitrogens with zero attached hydrogens (tertiary/aromatic N) is 6. The predicted molar refractivity (Wildman–Crippen MR) is 226 cm³/mol. The normalized spacial score (nSPS) is 13.1. The van der Waals surface area contributed by atoms with Gasteiger partial charge < -0.3 is 9.97 Å². The average Bonchev–Trinajstić information content (AvgIpc) is 4.09. The van der Waals surface area contributed by atoms with Crippen molar-refractivity contribution in [1.82, 2.24) is 19.9 Å². The molecule has 9 heterocycles. The van der Waals surface area contributed by atoms with Crippen LogP contribution in [-0.2, 0) is 26.2 Å². The second-order valence-electron chi connectivity index (χ2n) is 15.8. The lowest BCUT2D eigenvalue weighted by Crippen LogP contribution is -2.43. The van der Waals surface area contributed by atoms with Crippen LogP contribution in [0.25, 0.3) is 91.4 Å². The van der Waals surface area contributed by atoms with Gasteiger partial charge in [-0.05, 0) is 72.8 Å². The van der Waals surface area contributed by atoms with E-state index in [4.69, 9.17) is 9.97 Å². The third-order valence-electron chi connectivity index (χ3n) is 10.9. The highest BCUT2D eigenvalue weighted by molar-refractivity contribution is 5.98. The molecule has 2 N–H and O–H groups in total. The molecule has 0 radical (unpaired) electrons. The van der Waals surface area contributed by atoms with Crippen LogP contribution in [0.2, 0.25) is 0 Å². The molecule has 8 nitrogen and oxygen atoms in total. The van der Waals surface area contributed by atoms with Crippen LogP contribution in [0, 0.1) is 0 Å². The fraction of sp³-hybridized carbons (Fsp3) is 0.167. The van der Waals surface area contributed by atoms with Gasteiger partial charge in [0.1, 0.15) is 0 Å². The first-order valence-corrected chi connectivity index (χ1v) is 20.6. The van der Waals surface area contributed by atoms with Gasteiger partial charge in [-0.3, -0.25) is 0 Å². The topological polar surface area (TPSA) is 72.9 Å². The van der Waals surface area contributed by atoms with Crippen molar-refractivity contribution in [1.29, 1.82) is 0 Å². The summed E-state index contributed by atoms with van der Waals surface area (Å²) in [7, 11) is 0. The largest absolute Gasteiger partial charge is 0.448 e. The minimum atomic E-state index is -4.71. The van der Waals surface area contributed by atoms with E-state index in [0.29, 0.717) is 0 Å². The number of aromatic nitrogens is 8. The molecule has 0 amide bonds. The molecular weight excluding hydrogens is 917 g/mol. The number of hydrogen-bond acceptors (Lipinski definition) is 2. The van der Waals surface area contributed by atoms with Crippen molar-refractivity contribution in [2.45, 2.75) is 50.9 Å². The monoisotopic (exact) mass is 950 g/mol. The number of nitrogens with one attached hydrogen (secondary N) is 2. The van der Waals surface area contributed by atoms with Crippen LogP contribution < -0.4 is 18.3 Å². The zero-order chi connectivity index (χ0) is 48.2. The first-order chi connectivity index (χ1) is 32.2. The van der Waals surface area contributed by atoms with E-state index in [9.17, 15) is 52.7 Å². The van der Waals surface area contributed by atoms with E-state index in [2.05, 4.69) is 9.97 Å². The number of H-pyrrole nitrogens is 2. The van der Waals surface area contributed by atoms with Crippen LogP contribution in [0.4, 0.5) is 52.7 Å². The number of pyridine rings is 4. The fourth-order valence-electron chi connectivity index (χ4n) is 8.42. The van der Waals surface area contributed by atoms with Crippen LogP contribution in [0.15, 0.2) is 122 Å². The minimum absolute atomic E-state index is 0.00377. The summed E-state index contributed by atoms with van der Waals surface area (Å²) in [6, 6.07) is 23.3. The molecule has 0 spiro atoms. The van der Waals surface area contributed by atoms with Crippen molar-refractivity contribution >= 4 is 46.4 Å². The van der Waals surface area contributed by atoms with Crippen molar-refractivity contribution < 1.29 is 71.0 Å². The molecule has 68 heavy (non-hydrogen) atoms. The molecule has 346 valence electrons. The number of hydrogen-bond donors (Lipinski definition) is 2. The molecule has 0 aromatic carbocycles. The van der Waals surface area contributed by atoms with Gasteiger partial charge in [-0.2, -0.15) is 71.0 Å². The quantitative estimate of drug-likeness (QED) is 0.118. The third kappa shape index (κ3) is 9.75. The van der Waals surface area contributed by atoms with E-state index in [1.165, 1.54) is 146 Å². The van der Waals surface area contributed by atoms with Crippen molar-refractivity contribution in [3.63, 3.8) is 0 Å². The molecule has 0 saturated carbocycles. The van der Waals surface area contributed by atoms with E-state index in [-0.39, 0.29) is 89.9 Å². The second kappa shape index (κ2) is 17.2. The van der Waals surface area contributed by atoms with Crippen molar-refractivity contribution in [3.05, 3.63) is 145 Å². The molecular formula is C48H34F12N8+4. The molecule has 8 bridgehead atoms. The molecule has 0 saturated heterocycles. The highest BCUT2D eigenvalue weighted by Crippen LogP contribution is 2.37. The molecule has 0 fully saturated rings. The van der Waals surface area contributed by atoms with Crippen molar-refractivity contribution in [3.8, 4) is 45.0 Å². The lowest BCUT2D eigenvalue weighted by molar-refractivity contribution is -0.709. The minimum Gasteiger partial charge on any atom is -0.354 e. The summed E-state index contributed by atoms with van der Waals surface area (Å²) < 4.78 is 174. The molecule has 7 aromatic rings. The van der Waals surface area contributed by atoms with Crippen LogP contribution in [0.3, 0.4) is 0 Å². The van der Waals surface area contributed by atoms with E-state index in [1.807, 2.05) is 0 Å². The predicted octanol–water partition coefficient (Wildman–Crippen LogP) is 10.7. The van der Waals surface area contributed by atoms with Gasteiger partial charge in [0.2, 0.25) is 49.0 Å². The first kappa shape index (κ1) is 45.5. The lowest BCUT2D eigenvalue weighted by Gasteiger charge is -2.09. The number of halogens is 12. The summed E-state index contributed by atoms with van der Waals surface area (Å²) in [5, 5.41) is 0. The Hall–Kier alpha value is -7.64. The summed E-state index contributed by atoms with van der Waals surface area (Å²) in [5.74, 6) is 0. The number of fused-ring (bicyclic) bond motifs is 8. The van der Waals surface area contributed by atoms with Gasteiger partial charge >= 0.3 is 24.7 Å². The summed E-state index contributed by atoms with van der Waals surface area (Å²) >= 11 is 0. The number of aromatic amines is 2. The smallest absolute Gasteiger partial charge is 0.354 e. The van der Waals surface area contributed by atoms with Crippen LogP contribution in [0.5, 0.6) is 0 Å². The van der Waals surface area contributed by atoms with Crippen molar-refractivity contribution in [2.24, 2.45) is 0 Å². The Labute approximate surface area is 377 Å². The molecule has 9 rings (SSSR count). The summed E-state index contributed by atoms with van der Waals surface area (Å²) in [5.41, 5.74) is 1.10. The van der Waals surface area contributed by atoms with Gasteiger partial charge in [-0.1, -0.05) is 0 Å². The van der Waals surface area contributed by atoms with E-state index >= 15 is 0 Å². The molecule has 0 unspecified atom stereocenters. The van der Waals surface area contributed by atoms with E-state index < -0.39 is 50.9 Å². The Balaban J connectivity index is 1.49. The second-order valence-corrected chi connectivity index (χ2v) is 15.8. The Bertz CT molecular complexity index is 3160. The van der Waals surface area contributed by atoms with Gasteiger partial charge in [0.25, 0.3) is 0 Å². The van der Waals surface area contributed by atoms with Crippen LogP contribution in [0.1, 0.15) is 22.8 Å². The van der Waals surface area contributed by atoms with Gasteiger partial charge in [0, 0.05) is 48.5 Å². The maximum absolute atomic E-state index is 14.2. The molecule has 7 aromatic heterocycles. The van der Waals surface area contributed by atoms with Gasteiger partial charge in [-0.25, -0.2) is 9.97 Å². The zero-order valence-electron chi connectivity index (χ0n) is 34.9. The van der Waals surface area contributed by atoms with Gasteiger partial charge in [0.05, 0.1) is 67.1 Å².